The Balaban J connectivity index is 1.61. The van der Waals surface area contributed by atoms with Gasteiger partial charge in [-0.2, -0.15) is 0 Å². The Bertz CT molecular complexity index is 276. The van der Waals surface area contributed by atoms with E-state index in [2.05, 4.69) is 10.6 Å². The number of fused-ring (bicyclic) bond motifs is 1. The first kappa shape index (κ1) is 10.5. The van der Waals surface area contributed by atoms with Crippen LogP contribution in [0.3, 0.4) is 0 Å². The van der Waals surface area contributed by atoms with Crippen LogP contribution < -0.4 is 10.6 Å². The van der Waals surface area contributed by atoms with Gasteiger partial charge in [0.15, 0.2) is 0 Å². The average molecular weight is 224 g/mol. The molecule has 1 saturated carbocycles. The summed E-state index contributed by atoms with van der Waals surface area (Å²) >= 11 is 0. The number of hydrogen-bond donors (Lipinski definition) is 2. The predicted octanol–water partition coefficient (Wildman–Crippen LogP) is 0.280. The first-order valence-electron chi connectivity index (χ1n) is 6.47. The lowest BCUT2D eigenvalue weighted by Crippen LogP contribution is -2.60. The molecule has 2 N–H and O–H groups in total. The fourth-order valence-corrected chi connectivity index (χ4v) is 2.85. The van der Waals surface area contributed by atoms with Crippen LogP contribution in [-0.4, -0.2) is 37.7 Å². The summed E-state index contributed by atoms with van der Waals surface area (Å²) in [6.07, 6.45) is 4.78. The van der Waals surface area contributed by atoms with Crippen molar-refractivity contribution >= 4 is 5.91 Å². The van der Waals surface area contributed by atoms with Crippen molar-refractivity contribution in [3.63, 3.8) is 0 Å². The monoisotopic (exact) mass is 224 g/mol. The lowest BCUT2D eigenvalue weighted by molar-refractivity contribution is -0.126. The van der Waals surface area contributed by atoms with Crippen LogP contribution in [0.1, 0.15) is 25.7 Å². The van der Waals surface area contributed by atoms with Gasteiger partial charge in [0, 0.05) is 25.6 Å². The second-order valence-electron chi connectivity index (χ2n) is 5.29. The Morgan fingerprint density at radius 1 is 1.25 bits per heavy atom. The molecule has 4 nitrogen and oxygen atoms in total. The van der Waals surface area contributed by atoms with Gasteiger partial charge in [0.25, 0.3) is 0 Å². The molecule has 0 radical (unpaired) electrons. The topological polar surface area (TPSA) is 50.4 Å². The van der Waals surface area contributed by atoms with Gasteiger partial charge in [-0.3, -0.25) is 4.79 Å². The molecule has 16 heavy (non-hydrogen) atoms. The van der Waals surface area contributed by atoms with Gasteiger partial charge in [0.2, 0.25) is 5.91 Å². The van der Waals surface area contributed by atoms with E-state index >= 15 is 0 Å². The minimum Gasteiger partial charge on any atom is -0.376 e. The minimum absolute atomic E-state index is 0.187. The number of carbonyl (C=O) groups excluding carboxylic acids is 1. The fourth-order valence-electron chi connectivity index (χ4n) is 2.85. The third-order valence-electron chi connectivity index (χ3n) is 3.94. The highest BCUT2D eigenvalue weighted by Gasteiger charge is 2.39. The fraction of sp³-hybridized carbons (Fsp3) is 0.917. The van der Waals surface area contributed by atoms with Crippen molar-refractivity contribution in [3.8, 4) is 0 Å². The third-order valence-corrected chi connectivity index (χ3v) is 3.94. The van der Waals surface area contributed by atoms with Gasteiger partial charge in [0.05, 0.1) is 12.1 Å². The summed E-state index contributed by atoms with van der Waals surface area (Å²) < 4.78 is 5.84. The number of piperidine rings is 1. The molecule has 3 rings (SSSR count). The molecule has 1 aliphatic carbocycles. The molecular weight excluding hydrogens is 204 g/mol. The Morgan fingerprint density at radius 3 is 2.94 bits per heavy atom. The first-order chi connectivity index (χ1) is 7.84. The molecule has 0 aromatic carbocycles. The normalized spacial score (nSPS) is 38.9. The molecular formula is C12H20N2O2. The lowest BCUT2D eigenvalue weighted by atomic mass is 9.86. The number of ether oxygens (including phenoxy) is 1. The van der Waals surface area contributed by atoms with Crippen molar-refractivity contribution in [1.29, 1.82) is 0 Å². The van der Waals surface area contributed by atoms with Gasteiger partial charge in [-0.05, 0) is 31.6 Å². The number of nitrogens with one attached hydrogen (secondary N) is 2. The molecule has 0 spiro atoms. The van der Waals surface area contributed by atoms with Crippen molar-refractivity contribution in [2.45, 2.75) is 37.8 Å². The van der Waals surface area contributed by atoms with E-state index in [1.54, 1.807) is 0 Å². The number of carbonyl (C=O) groups is 1. The van der Waals surface area contributed by atoms with E-state index in [0.717, 1.165) is 39.0 Å². The molecule has 3 atom stereocenters. The molecule has 3 aliphatic rings. The molecule has 4 heteroatoms. The highest BCUT2D eigenvalue weighted by Crippen LogP contribution is 2.30. The molecule has 0 aromatic rings. The van der Waals surface area contributed by atoms with Gasteiger partial charge >= 0.3 is 0 Å². The summed E-state index contributed by atoms with van der Waals surface area (Å²) in [6, 6.07) is 0.187. The van der Waals surface area contributed by atoms with Gasteiger partial charge < -0.3 is 15.4 Å². The zero-order chi connectivity index (χ0) is 11.0. The molecule has 0 bridgehead atoms. The molecule has 90 valence electrons. The third kappa shape index (κ3) is 2.09. The van der Waals surface area contributed by atoms with Crippen molar-refractivity contribution in [3.05, 3.63) is 0 Å². The van der Waals surface area contributed by atoms with Crippen molar-refractivity contribution in [2.24, 2.45) is 11.8 Å². The van der Waals surface area contributed by atoms with Crippen LogP contribution in [0.15, 0.2) is 0 Å². The van der Waals surface area contributed by atoms with Gasteiger partial charge in [-0.1, -0.05) is 0 Å². The van der Waals surface area contributed by atoms with Crippen LogP contribution in [0, 0.1) is 11.8 Å². The summed E-state index contributed by atoms with van der Waals surface area (Å²) in [5.74, 6) is 1.12. The van der Waals surface area contributed by atoms with Crippen molar-refractivity contribution in [2.75, 3.05) is 19.7 Å². The smallest absolute Gasteiger partial charge is 0.223 e. The Kier molecular flexibility index (Phi) is 2.86. The second-order valence-corrected chi connectivity index (χ2v) is 5.29. The molecule has 0 unspecified atom stereocenters. The number of amides is 1. The maximum absolute atomic E-state index is 11.8. The van der Waals surface area contributed by atoms with Gasteiger partial charge in [-0.25, -0.2) is 0 Å². The zero-order valence-corrected chi connectivity index (χ0v) is 9.58. The van der Waals surface area contributed by atoms with Crippen LogP contribution in [0.2, 0.25) is 0 Å². The second kappa shape index (κ2) is 4.34. The first-order valence-corrected chi connectivity index (χ1v) is 6.47. The van der Waals surface area contributed by atoms with Crippen LogP contribution in [0.25, 0.3) is 0 Å². The minimum atomic E-state index is 0.187. The van der Waals surface area contributed by atoms with E-state index in [1.165, 1.54) is 6.42 Å². The number of hydrogen-bond acceptors (Lipinski definition) is 3. The summed E-state index contributed by atoms with van der Waals surface area (Å²) in [6.45, 7) is 2.76. The average Bonchev–Trinajstić information content (AvgIpc) is 3.13. The lowest BCUT2D eigenvalue weighted by Gasteiger charge is -2.41. The molecule has 2 saturated heterocycles. The number of rotatable bonds is 2. The van der Waals surface area contributed by atoms with Crippen LogP contribution in [0.4, 0.5) is 0 Å². The maximum atomic E-state index is 11.8. The largest absolute Gasteiger partial charge is 0.376 e. The van der Waals surface area contributed by atoms with E-state index in [9.17, 15) is 4.79 Å². The highest BCUT2D eigenvalue weighted by molar-refractivity contribution is 5.81. The quantitative estimate of drug-likeness (QED) is 0.708. The van der Waals surface area contributed by atoms with Crippen LogP contribution >= 0.6 is 0 Å². The van der Waals surface area contributed by atoms with E-state index < -0.39 is 0 Å². The van der Waals surface area contributed by atoms with Gasteiger partial charge in [-0.15, -0.1) is 0 Å². The van der Waals surface area contributed by atoms with E-state index in [4.69, 9.17) is 4.74 Å². The molecule has 2 heterocycles. The maximum Gasteiger partial charge on any atom is 0.223 e. The molecule has 2 aliphatic heterocycles. The molecule has 0 aromatic heterocycles. The zero-order valence-electron chi connectivity index (χ0n) is 9.58. The van der Waals surface area contributed by atoms with E-state index in [1.807, 2.05) is 0 Å². The Morgan fingerprint density at radius 2 is 2.12 bits per heavy atom. The SMILES string of the molecule is O=C(N[C@@H]1CNC[C@@H]2CCCO[C@@H]21)C1CC1. The summed E-state index contributed by atoms with van der Waals surface area (Å²) in [5.41, 5.74) is 0. The standard InChI is InChI=1S/C12H20N2O2/c15-12(8-3-4-8)14-10-7-13-6-9-2-1-5-16-11(9)10/h8-11,13H,1-7H2,(H,14,15)/t9-,10+,11-/m0/s1. The van der Waals surface area contributed by atoms with Crippen LogP contribution in [-0.2, 0) is 9.53 Å². The van der Waals surface area contributed by atoms with Crippen molar-refractivity contribution < 1.29 is 9.53 Å². The highest BCUT2D eigenvalue weighted by atomic mass is 16.5. The summed E-state index contributed by atoms with van der Waals surface area (Å²) in [7, 11) is 0. The van der Waals surface area contributed by atoms with E-state index in [-0.39, 0.29) is 18.1 Å². The predicted molar refractivity (Wildman–Crippen MR) is 60.0 cm³/mol. The Labute approximate surface area is 96.1 Å². The Hall–Kier alpha value is -0.610. The molecule has 1 amide bonds. The molecule has 3 fully saturated rings. The summed E-state index contributed by atoms with van der Waals surface area (Å²) in [5, 5.41) is 6.56. The van der Waals surface area contributed by atoms with Crippen molar-refractivity contribution in [1.82, 2.24) is 10.6 Å². The van der Waals surface area contributed by atoms with Crippen LogP contribution in [0.5, 0.6) is 0 Å². The van der Waals surface area contributed by atoms with Gasteiger partial charge in [0.1, 0.15) is 0 Å². The summed E-state index contributed by atoms with van der Waals surface area (Å²) in [4.78, 5) is 11.8. The van der Waals surface area contributed by atoms with E-state index in [0.29, 0.717) is 11.8 Å².